The van der Waals surface area contributed by atoms with Gasteiger partial charge in [0.2, 0.25) is 5.91 Å². The molecule has 6 heteroatoms. The van der Waals surface area contributed by atoms with Gasteiger partial charge in [-0.25, -0.2) is 0 Å². The summed E-state index contributed by atoms with van der Waals surface area (Å²) in [6, 6.07) is 8.14. The van der Waals surface area contributed by atoms with Crippen LogP contribution < -0.4 is 0 Å². The van der Waals surface area contributed by atoms with Crippen molar-refractivity contribution < 1.29 is 18.0 Å². The molecule has 0 bridgehead atoms. The minimum absolute atomic E-state index is 0.000173. The predicted molar refractivity (Wildman–Crippen MR) is 97.1 cm³/mol. The molecule has 0 spiro atoms. The van der Waals surface area contributed by atoms with Crippen LogP contribution in [0.15, 0.2) is 24.3 Å². The Hall–Kier alpha value is -1.56. The van der Waals surface area contributed by atoms with E-state index in [1.165, 1.54) is 0 Å². The molecule has 148 valence electrons. The van der Waals surface area contributed by atoms with Crippen molar-refractivity contribution in [1.82, 2.24) is 9.80 Å². The molecule has 2 saturated heterocycles. The Morgan fingerprint density at radius 3 is 2.52 bits per heavy atom. The molecule has 0 radical (unpaired) electrons. The number of likely N-dealkylation sites (tertiary alicyclic amines) is 2. The number of carbonyl (C=O) groups excluding carboxylic acids is 1. The van der Waals surface area contributed by atoms with Crippen molar-refractivity contribution in [1.29, 1.82) is 0 Å². The maximum atomic E-state index is 13.1. The Morgan fingerprint density at radius 2 is 1.89 bits per heavy atom. The van der Waals surface area contributed by atoms with Gasteiger partial charge >= 0.3 is 6.18 Å². The second-order valence-corrected chi connectivity index (χ2v) is 8.47. The van der Waals surface area contributed by atoms with Gasteiger partial charge in [0.25, 0.3) is 0 Å². The van der Waals surface area contributed by atoms with Gasteiger partial charge in [0.05, 0.1) is 12.5 Å². The van der Waals surface area contributed by atoms with Gasteiger partial charge in [-0.2, -0.15) is 13.2 Å². The zero-order valence-corrected chi connectivity index (χ0v) is 15.7. The zero-order chi connectivity index (χ0) is 19.2. The number of benzene rings is 1. The van der Waals surface area contributed by atoms with Gasteiger partial charge in [-0.3, -0.25) is 4.79 Å². The van der Waals surface area contributed by atoms with Crippen LogP contribution in [0.4, 0.5) is 13.2 Å². The number of hydrogen-bond acceptors (Lipinski definition) is 2. The first-order valence-electron chi connectivity index (χ1n) is 9.98. The van der Waals surface area contributed by atoms with Crippen molar-refractivity contribution in [3.63, 3.8) is 0 Å². The molecule has 0 unspecified atom stereocenters. The number of fused-ring (bicyclic) bond motifs is 1. The Bertz CT molecular complexity index is 701. The average molecular weight is 380 g/mol. The molecule has 3 atom stereocenters. The van der Waals surface area contributed by atoms with Crippen molar-refractivity contribution in [3.8, 4) is 0 Å². The van der Waals surface area contributed by atoms with Crippen LogP contribution in [-0.4, -0.2) is 48.1 Å². The lowest BCUT2D eigenvalue weighted by Crippen LogP contribution is -2.41. The third-order valence-corrected chi connectivity index (χ3v) is 6.70. The molecular weight excluding hydrogens is 353 g/mol. The Labute approximate surface area is 158 Å². The summed E-state index contributed by atoms with van der Waals surface area (Å²) in [6.07, 6.45) is -1.80. The number of rotatable bonds is 4. The van der Waals surface area contributed by atoms with Gasteiger partial charge in [-0.15, -0.1) is 0 Å². The quantitative estimate of drug-likeness (QED) is 0.782. The molecule has 2 aliphatic heterocycles. The van der Waals surface area contributed by atoms with Gasteiger partial charge in [-0.1, -0.05) is 30.7 Å². The van der Waals surface area contributed by atoms with Crippen LogP contribution in [0.3, 0.4) is 0 Å². The van der Waals surface area contributed by atoms with Crippen LogP contribution in [0, 0.1) is 24.7 Å². The van der Waals surface area contributed by atoms with E-state index in [0.29, 0.717) is 19.6 Å². The number of alkyl halides is 3. The number of amides is 1. The molecule has 3 aliphatic rings. The highest BCUT2D eigenvalue weighted by Gasteiger charge is 2.50. The second-order valence-electron chi connectivity index (χ2n) is 8.47. The molecule has 3 nitrogen and oxygen atoms in total. The van der Waals surface area contributed by atoms with Crippen LogP contribution in [0.5, 0.6) is 0 Å². The van der Waals surface area contributed by atoms with Gasteiger partial charge in [0, 0.05) is 38.0 Å². The summed E-state index contributed by atoms with van der Waals surface area (Å²) in [6.45, 7) is 4.12. The van der Waals surface area contributed by atoms with Crippen LogP contribution in [-0.2, 0) is 4.79 Å². The first kappa shape index (κ1) is 18.8. The smallest absolute Gasteiger partial charge is 0.335 e. The summed E-state index contributed by atoms with van der Waals surface area (Å²) in [5.41, 5.74) is 2.32. The average Bonchev–Trinajstić information content (AvgIpc) is 3.08. The lowest BCUT2D eigenvalue weighted by molar-refractivity contribution is -0.140. The normalized spacial score (nSPS) is 29.0. The third kappa shape index (κ3) is 3.73. The van der Waals surface area contributed by atoms with Crippen molar-refractivity contribution in [3.05, 3.63) is 35.4 Å². The topological polar surface area (TPSA) is 23.6 Å². The van der Waals surface area contributed by atoms with Crippen molar-refractivity contribution >= 4 is 5.91 Å². The highest BCUT2D eigenvalue weighted by Crippen LogP contribution is 2.47. The van der Waals surface area contributed by atoms with E-state index >= 15 is 0 Å². The second kappa shape index (κ2) is 7.12. The molecule has 0 aromatic heterocycles. The van der Waals surface area contributed by atoms with Gasteiger partial charge in [-0.05, 0) is 36.8 Å². The largest absolute Gasteiger partial charge is 0.390 e. The summed E-state index contributed by atoms with van der Waals surface area (Å²) in [4.78, 5) is 17.1. The molecule has 1 aromatic rings. The fourth-order valence-corrected chi connectivity index (χ4v) is 5.04. The first-order chi connectivity index (χ1) is 12.8. The standard InChI is InChI=1S/C21H27F3N2O/c1-14-5-2-3-8-17(14)19-18-13-25(10-9-21(22,23)24)11-16(18)12-26(19)20(27)15-6-4-7-15/h2-3,5,8,15-16,18-19H,4,6-7,9-13H2,1H3/t16-,18-,19+/m0/s1. The van der Waals surface area contributed by atoms with E-state index in [9.17, 15) is 18.0 Å². The number of halogens is 3. The van der Waals surface area contributed by atoms with E-state index in [1.54, 1.807) is 0 Å². The van der Waals surface area contributed by atoms with Crippen LogP contribution in [0.1, 0.15) is 42.9 Å². The summed E-state index contributed by atoms with van der Waals surface area (Å²) >= 11 is 0. The number of carbonyl (C=O) groups is 1. The molecular formula is C21H27F3N2O. The highest BCUT2D eigenvalue weighted by molar-refractivity contribution is 5.80. The maximum Gasteiger partial charge on any atom is 0.390 e. The van der Waals surface area contributed by atoms with Crippen molar-refractivity contribution in [2.24, 2.45) is 17.8 Å². The molecule has 2 heterocycles. The Balaban J connectivity index is 1.55. The number of aryl methyl sites for hydroxylation is 1. The number of nitrogens with zero attached hydrogens (tertiary/aromatic N) is 2. The molecule has 3 fully saturated rings. The maximum absolute atomic E-state index is 13.1. The fraction of sp³-hybridized carbons (Fsp3) is 0.667. The van der Waals surface area contributed by atoms with Crippen molar-refractivity contribution in [2.45, 2.75) is 44.8 Å². The van der Waals surface area contributed by atoms with Gasteiger partial charge in [0.15, 0.2) is 0 Å². The van der Waals surface area contributed by atoms with Gasteiger partial charge < -0.3 is 9.80 Å². The lowest BCUT2D eigenvalue weighted by atomic mass is 9.83. The minimum Gasteiger partial charge on any atom is -0.335 e. The van der Waals surface area contributed by atoms with Gasteiger partial charge in [0.1, 0.15) is 0 Å². The number of hydrogen-bond donors (Lipinski definition) is 0. The Morgan fingerprint density at radius 1 is 1.15 bits per heavy atom. The summed E-state index contributed by atoms with van der Waals surface area (Å²) in [7, 11) is 0. The summed E-state index contributed by atoms with van der Waals surface area (Å²) < 4.78 is 37.8. The summed E-state index contributed by atoms with van der Waals surface area (Å²) in [5.74, 6) is 0.901. The molecule has 1 aliphatic carbocycles. The predicted octanol–water partition coefficient (Wildman–Crippen LogP) is 4.18. The van der Waals surface area contributed by atoms with Crippen LogP contribution >= 0.6 is 0 Å². The third-order valence-electron chi connectivity index (χ3n) is 6.70. The van der Waals surface area contributed by atoms with Crippen molar-refractivity contribution in [2.75, 3.05) is 26.2 Å². The minimum atomic E-state index is -4.11. The fourth-order valence-electron chi connectivity index (χ4n) is 5.04. The SMILES string of the molecule is Cc1ccccc1[C@@H]1[C@H]2CN(CCC(F)(F)F)C[C@H]2CN1C(=O)C1CCC1. The molecule has 27 heavy (non-hydrogen) atoms. The molecule has 1 amide bonds. The molecule has 0 N–H and O–H groups in total. The zero-order valence-electron chi connectivity index (χ0n) is 15.7. The molecule has 1 aromatic carbocycles. The Kier molecular flexibility index (Phi) is 4.95. The van der Waals surface area contributed by atoms with E-state index in [2.05, 4.69) is 24.0 Å². The lowest BCUT2D eigenvalue weighted by Gasteiger charge is -2.35. The monoisotopic (exact) mass is 380 g/mol. The van der Waals surface area contributed by atoms with E-state index < -0.39 is 12.6 Å². The molecule has 4 rings (SSSR count). The highest BCUT2D eigenvalue weighted by atomic mass is 19.4. The molecule has 1 saturated carbocycles. The summed E-state index contributed by atoms with van der Waals surface area (Å²) in [5, 5.41) is 0. The van der Waals surface area contributed by atoms with E-state index in [0.717, 1.165) is 30.4 Å². The van der Waals surface area contributed by atoms with Crippen LogP contribution in [0.2, 0.25) is 0 Å². The van der Waals surface area contributed by atoms with Crippen LogP contribution in [0.25, 0.3) is 0 Å². The first-order valence-corrected chi connectivity index (χ1v) is 9.98. The van der Waals surface area contributed by atoms with E-state index in [4.69, 9.17) is 0 Å². The van der Waals surface area contributed by atoms with E-state index in [-0.39, 0.29) is 36.2 Å². The van der Waals surface area contributed by atoms with E-state index in [1.807, 2.05) is 17.0 Å².